The number of carbonyl (C=O) groups excluding carboxylic acids is 2. The van der Waals surface area contributed by atoms with Crippen LogP contribution in [-0.2, 0) is 11.3 Å². The Balaban J connectivity index is 0.000000176. The Morgan fingerprint density at radius 3 is 2.58 bits per heavy atom. The minimum atomic E-state index is -0.419. The third kappa shape index (κ3) is 5.85. The number of aromatic nitrogens is 3. The standard InChI is InChI=1S/C11H10ClFN2O.C11H17N3O/c1-15(2)11(16)9-5-6-7(12)3-4-8(13)10(6)14-9;15-11(13-7-2-1-3-8-13)5-10-14-9-4-6-12-14/h3-5,14H,1-2H3;4,6,9H,1-3,5,7-8,10H2. The lowest BCUT2D eigenvalue weighted by molar-refractivity contribution is -0.132. The molecule has 4 rings (SSSR count). The van der Waals surface area contributed by atoms with Crippen LogP contribution in [0.3, 0.4) is 0 Å². The second-order valence-electron chi connectivity index (χ2n) is 7.66. The summed E-state index contributed by atoms with van der Waals surface area (Å²) >= 11 is 5.92. The fraction of sp³-hybridized carbons (Fsp3) is 0.409. The van der Waals surface area contributed by atoms with Gasteiger partial charge in [0.05, 0.1) is 10.5 Å². The van der Waals surface area contributed by atoms with E-state index >= 15 is 0 Å². The first-order chi connectivity index (χ1) is 14.9. The SMILES string of the molecule is CN(C)C(=O)c1cc2c(Cl)ccc(F)c2[nH]1.O=C(CCn1cccn1)N1CCCCC1. The van der Waals surface area contributed by atoms with Crippen LogP contribution in [-0.4, -0.2) is 63.6 Å². The minimum Gasteiger partial charge on any atom is -0.348 e. The molecule has 0 aliphatic carbocycles. The van der Waals surface area contributed by atoms with Crippen molar-refractivity contribution in [3.05, 3.63) is 53.2 Å². The first-order valence-corrected chi connectivity index (χ1v) is 10.7. The average molecular weight is 448 g/mol. The maximum Gasteiger partial charge on any atom is 0.269 e. The van der Waals surface area contributed by atoms with Crippen LogP contribution in [0.4, 0.5) is 4.39 Å². The van der Waals surface area contributed by atoms with E-state index in [9.17, 15) is 14.0 Å². The number of aromatic amines is 1. The zero-order valence-corrected chi connectivity index (χ0v) is 18.5. The maximum atomic E-state index is 13.4. The quantitative estimate of drug-likeness (QED) is 0.658. The second-order valence-corrected chi connectivity index (χ2v) is 8.07. The van der Waals surface area contributed by atoms with E-state index in [1.54, 1.807) is 26.4 Å². The monoisotopic (exact) mass is 447 g/mol. The number of hydrogen-bond acceptors (Lipinski definition) is 3. The summed E-state index contributed by atoms with van der Waals surface area (Å²) in [4.78, 5) is 29.6. The van der Waals surface area contributed by atoms with Crippen molar-refractivity contribution < 1.29 is 14.0 Å². The highest BCUT2D eigenvalue weighted by atomic mass is 35.5. The Hall–Kier alpha value is -2.87. The molecule has 166 valence electrons. The third-order valence-corrected chi connectivity index (χ3v) is 5.48. The third-order valence-electron chi connectivity index (χ3n) is 5.15. The van der Waals surface area contributed by atoms with Crippen LogP contribution in [0.15, 0.2) is 36.7 Å². The number of fused-ring (bicyclic) bond motifs is 1. The molecule has 2 amide bonds. The molecular formula is C22H27ClFN5O2. The number of rotatable bonds is 4. The van der Waals surface area contributed by atoms with Crippen molar-refractivity contribution in [2.75, 3.05) is 27.2 Å². The molecule has 1 aromatic carbocycles. The van der Waals surface area contributed by atoms with E-state index in [4.69, 9.17) is 11.6 Å². The predicted octanol–water partition coefficient (Wildman–Crippen LogP) is 3.95. The second kappa shape index (κ2) is 10.4. The highest BCUT2D eigenvalue weighted by molar-refractivity contribution is 6.35. The Bertz CT molecular complexity index is 987. The highest BCUT2D eigenvalue weighted by Gasteiger charge is 2.16. The molecule has 0 bridgehead atoms. The molecule has 0 saturated carbocycles. The van der Waals surface area contributed by atoms with Crippen molar-refractivity contribution in [3.8, 4) is 0 Å². The highest BCUT2D eigenvalue weighted by Crippen LogP contribution is 2.26. The molecular weight excluding hydrogens is 421 g/mol. The van der Waals surface area contributed by atoms with E-state index in [1.807, 2.05) is 21.8 Å². The predicted molar refractivity (Wildman–Crippen MR) is 119 cm³/mol. The van der Waals surface area contributed by atoms with Crippen LogP contribution in [0, 0.1) is 5.82 Å². The Labute approximate surface area is 185 Å². The summed E-state index contributed by atoms with van der Waals surface area (Å²) in [5.74, 6) is -0.367. The van der Waals surface area contributed by atoms with Gasteiger partial charge in [-0.2, -0.15) is 5.10 Å². The van der Waals surface area contributed by atoms with Gasteiger partial charge in [0.15, 0.2) is 0 Å². The Morgan fingerprint density at radius 2 is 1.97 bits per heavy atom. The zero-order valence-electron chi connectivity index (χ0n) is 17.8. The first kappa shape index (κ1) is 22.8. The lowest BCUT2D eigenvalue weighted by Gasteiger charge is -2.26. The summed E-state index contributed by atoms with van der Waals surface area (Å²) < 4.78 is 15.2. The number of benzene rings is 1. The van der Waals surface area contributed by atoms with E-state index in [0.717, 1.165) is 25.9 Å². The number of hydrogen-bond donors (Lipinski definition) is 1. The van der Waals surface area contributed by atoms with E-state index < -0.39 is 5.82 Å². The molecule has 0 atom stereocenters. The van der Waals surface area contributed by atoms with Gasteiger partial charge in [0, 0.05) is 57.9 Å². The number of halogens is 2. The molecule has 1 fully saturated rings. The topological polar surface area (TPSA) is 74.2 Å². The average Bonchev–Trinajstić information content (AvgIpc) is 3.46. The number of carbonyl (C=O) groups is 2. The smallest absolute Gasteiger partial charge is 0.269 e. The van der Waals surface area contributed by atoms with Gasteiger partial charge in [-0.15, -0.1) is 0 Å². The van der Waals surface area contributed by atoms with Crippen molar-refractivity contribution in [2.24, 2.45) is 0 Å². The number of aryl methyl sites for hydroxylation is 1. The molecule has 1 aliphatic heterocycles. The van der Waals surface area contributed by atoms with E-state index in [0.29, 0.717) is 29.1 Å². The molecule has 7 nitrogen and oxygen atoms in total. The fourth-order valence-corrected chi connectivity index (χ4v) is 3.66. The summed E-state index contributed by atoms with van der Waals surface area (Å²) in [6, 6.07) is 6.18. The zero-order chi connectivity index (χ0) is 22.4. The number of H-pyrrole nitrogens is 1. The number of piperidine rings is 1. The van der Waals surface area contributed by atoms with Crippen molar-refractivity contribution in [1.29, 1.82) is 0 Å². The molecule has 0 radical (unpaired) electrons. The van der Waals surface area contributed by atoms with Crippen LogP contribution >= 0.6 is 11.6 Å². The van der Waals surface area contributed by atoms with E-state index in [-0.39, 0.29) is 17.3 Å². The molecule has 31 heavy (non-hydrogen) atoms. The van der Waals surface area contributed by atoms with Crippen molar-refractivity contribution in [1.82, 2.24) is 24.6 Å². The van der Waals surface area contributed by atoms with Crippen molar-refractivity contribution in [3.63, 3.8) is 0 Å². The van der Waals surface area contributed by atoms with Gasteiger partial charge in [-0.3, -0.25) is 14.3 Å². The van der Waals surface area contributed by atoms with Gasteiger partial charge >= 0.3 is 0 Å². The van der Waals surface area contributed by atoms with Gasteiger partial charge in [0.1, 0.15) is 11.5 Å². The molecule has 9 heteroatoms. The number of nitrogens with zero attached hydrogens (tertiary/aromatic N) is 4. The van der Waals surface area contributed by atoms with Gasteiger partial charge in [-0.05, 0) is 43.5 Å². The minimum absolute atomic E-state index is 0.216. The molecule has 3 heterocycles. The van der Waals surface area contributed by atoms with Gasteiger partial charge in [0.25, 0.3) is 5.91 Å². The van der Waals surface area contributed by atoms with Gasteiger partial charge in [-0.1, -0.05) is 11.6 Å². The summed E-state index contributed by atoms with van der Waals surface area (Å²) in [7, 11) is 3.26. The van der Waals surface area contributed by atoms with Crippen molar-refractivity contribution in [2.45, 2.75) is 32.2 Å². The van der Waals surface area contributed by atoms with E-state index in [1.165, 1.54) is 23.5 Å². The molecule has 3 aromatic rings. The van der Waals surface area contributed by atoms with Crippen LogP contribution in [0.2, 0.25) is 5.02 Å². The molecule has 0 spiro atoms. The largest absolute Gasteiger partial charge is 0.348 e. The molecule has 1 saturated heterocycles. The molecule has 1 N–H and O–H groups in total. The summed E-state index contributed by atoms with van der Waals surface area (Å²) in [6.07, 6.45) is 7.79. The van der Waals surface area contributed by atoms with Crippen LogP contribution < -0.4 is 0 Å². The van der Waals surface area contributed by atoms with Gasteiger partial charge < -0.3 is 14.8 Å². The van der Waals surface area contributed by atoms with Gasteiger partial charge in [-0.25, -0.2) is 4.39 Å². The molecule has 2 aromatic heterocycles. The lowest BCUT2D eigenvalue weighted by atomic mass is 10.1. The van der Waals surface area contributed by atoms with Crippen LogP contribution in [0.1, 0.15) is 36.2 Å². The Morgan fingerprint density at radius 1 is 1.23 bits per heavy atom. The number of likely N-dealkylation sites (tertiary alicyclic amines) is 1. The Kier molecular flexibility index (Phi) is 7.68. The normalized spacial score (nSPS) is 13.6. The van der Waals surface area contributed by atoms with Crippen LogP contribution in [0.25, 0.3) is 10.9 Å². The number of amides is 2. The van der Waals surface area contributed by atoms with Crippen molar-refractivity contribution >= 4 is 34.3 Å². The molecule has 1 aliphatic rings. The summed E-state index contributed by atoms with van der Waals surface area (Å²) in [6.45, 7) is 2.58. The van der Waals surface area contributed by atoms with Crippen LogP contribution in [0.5, 0.6) is 0 Å². The van der Waals surface area contributed by atoms with E-state index in [2.05, 4.69) is 10.1 Å². The molecule has 0 unspecified atom stereocenters. The summed E-state index contributed by atoms with van der Waals surface area (Å²) in [5, 5.41) is 5.02. The lowest BCUT2D eigenvalue weighted by Crippen LogP contribution is -2.36. The first-order valence-electron chi connectivity index (χ1n) is 10.3. The summed E-state index contributed by atoms with van der Waals surface area (Å²) in [5.41, 5.74) is 0.588. The fourth-order valence-electron chi connectivity index (χ4n) is 3.45. The maximum absolute atomic E-state index is 13.4. The number of nitrogens with one attached hydrogen (secondary N) is 1. The van der Waals surface area contributed by atoms with Gasteiger partial charge in [0.2, 0.25) is 5.91 Å².